The first-order valence-electron chi connectivity index (χ1n) is 7.38. The van der Waals surface area contributed by atoms with Crippen molar-refractivity contribution in [3.8, 4) is 0 Å². The Hall–Kier alpha value is -0.570. The van der Waals surface area contributed by atoms with Crippen LogP contribution >= 0.6 is 0 Å². The third kappa shape index (κ3) is 2.87. The SMILES string of the molecule is CC1CC(C)CC(N2CCCC(C)(C(=O)O)C2)C1. The van der Waals surface area contributed by atoms with Gasteiger partial charge >= 0.3 is 5.97 Å². The summed E-state index contributed by atoms with van der Waals surface area (Å²) in [7, 11) is 0. The van der Waals surface area contributed by atoms with Crippen LogP contribution < -0.4 is 0 Å². The number of piperidine rings is 1. The lowest BCUT2D eigenvalue weighted by Gasteiger charge is -2.45. The molecule has 3 nitrogen and oxygen atoms in total. The van der Waals surface area contributed by atoms with Gasteiger partial charge in [-0.05, 0) is 57.4 Å². The van der Waals surface area contributed by atoms with Crippen molar-refractivity contribution in [2.75, 3.05) is 13.1 Å². The van der Waals surface area contributed by atoms with Gasteiger partial charge in [0.25, 0.3) is 0 Å². The molecule has 1 heterocycles. The quantitative estimate of drug-likeness (QED) is 0.822. The van der Waals surface area contributed by atoms with Crippen LogP contribution in [0.3, 0.4) is 0 Å². The van der Waals surface area contributed by atoms with E-state index in [2.05, 4.69) is 18.7 Å². The molecule has 1 aliphatic heterocycles. The summed E-state index contributed by atoms with van der Waals surface area (Å²) in [6.45, 7) is 8.42. The standard InChI is InChI=1S/C15H27NO2/c1-11-7-12(2)9-13(8-11)16-6-4-5-15(3,10-16)14(17)18/h11-13H,4-10H2,1-3H3,(H,17,18). The Kier molecular flexibility index (Phi) is 4.00. The van der Waals surface area contributed by atoms with Gasteiger partial charge in [-0.25, -0.2) is 0 Å². The van der Waals surface area contributed by atoms with Crippen molar-refractivity contribution in [2.24, 2.45) is 17.3 Å². The Morgan fingerprint density at radius 2 is 1.83 bits per heavy atom. The van der Waals surface area contributed by atoms with Gasteiger partial charge in [-0.2, -0.15) is 0 Å². The second-order valence-electron chi connectivity index (χ2n) is 7.01. The zero-order valence-electron chi connectivity index (χ0n) is 12.0. The normalized spacial score (nSPS) is 42.7. The molecule has 1 N–H and O–H groups in total. The number of carboxylic acid groups (broad SMARTS) is 1. The Morgan fingerprint density at radius 1 is 1.22 bits per heavy atom. The number of hydrogen-bond donors (Lipinski definition) is 1. The summed E-state index contributed by atoms with van der Waals surface area (Å²) in [5.74, 6) is 0.956. The van der Waals surface area contributed by atoms with E-state index in [-0.39, 0.29) is 0 Å². The van der Waals surface area contributed by atoms with Gasteiger partial charge in [-0.3, -0.25) is 9.69 Å². The summed E-state index contributed by atoms with van der Waals surface area (Å²) in [6, 6.07) is 0.614. The molecule has 0 spiro atoms. The van der Waals surface area contributed by atoms with E-state index in [0.717, 1.165) is 37.8 Å². The predicted molar refractivity (Wildman–Crippen MR) is 72.5 cm³/mol. The average Bonchev–Trinajstić information content (AvgIpc) is 2.27. The van der Waals surface area contributed by atoms with Crippen LogP contribution in [0, 0.1) is 17.3 Å². The van der Waals surface area contributed by atoms with Gasteiger partial charge in [0.2, 0.25) is 0 Å². The lowest BCUT2D eigenvalue weighted by molar-refractivity contribution is -0.152. The van der Waals surface area contributed by atoms with Crippen molar-refractivity contribution in [1.29, 1.82) is 0 Å². The number of likely N-dealkylation sites (tertiary alicyclic amines) is 1. The van der Waals surface area contributed by atoms with Crippen LogP contribution in [0.2, 0.25) is 0 Å². The van der Waals surface area contributed by atoms with Gasteiger partial charge in [0.1, 0.15) is 0 Å². The second-order valence-corrected chi connectivity index (χ2v) is 7.01. The summed E-state index contributed by atoms with van der Waals surface area (Å²) >= 11 is 0. The first-order valence-corrected chi connectivity index (χ1v) is 7.38. The van der Waals surface area contributed by atoms with E-state index in [1.54, 1.807) is 0 Å². The van der Waals surface area contributed by atoms with E-state index >= 15 is 0 Å². The summed E-state index contributed by atoms with van der Waals surface area (Å²) in [6.07, 6.45) is 5.69. The van der Waals surface area contributed by atoms with Crippen LogP contribution in [0.4, 0.5) is 0 Å². The minimum atomic E-state index is -0.621. The topological polar surface area (TPSA) is 40.5 Å². The van der Waals surface area contributed by atoms with E-state index in [1.165, 1.54) is 19.3 Å². The molecule has 0 radical (unpaired) electrons. The Bertz CT molecular complexity index is 308. The first-order chi connectivity index (χ1) is 8.40. The molecular weight excluding hydrogens is 226 g/mol. The number of rotatable bonds is 2. The van der Waals surface area contributed by atoms with Gasteiger partial charge < -0.3 is 5.11 Å². The van der Waals surface area contributed by atoms with Crippen LogP contribution in [0.25, 0.3) is 0 Å². The van der Waals surface area contributed by atoms with Crippen molar-refractivity contribution < 1.29 is 9.90 Å². The number of carbonyl (C=O) groups is 1. The van der Waals surface area contributed by atoms with E-state index in [9.17, 15) is 9.90 Å². The Morgan fingerprint density at radius 3 is 2.39 bits per heavy atom. The summed E-state index contributed by atoms with van der Waals surface area (Å²) < 4.78 is 0. The summed E-state index contributed by atoms with van der Waals surface area (Å²) in [5.41, 5.74) is -0.526. The molecule has 2 fully saturated rings. The van der Waals surface area contributed by atoms with Crippen LogP contribution in [-0.2, 0) is 4.79 Å². The van der Waals surface area contributed by atoms with E-state index in [0.29, 0.717) is 6.04 Å². The minimum Gasteiger partial charge on any atom is -0.481 e. The molecule has 1 aliphatic carbocycles. The van der Waals surface area contributed by atoms with E-state index in [1.807, 2.05) is 6.92 Å². The van der Waals surface area contributed by atoms with Gasteiger partial charge in [0.15, 0.2) is 0 Å². The summed E-state index contributed by atoms with van der Waals surface area (Å²) in [4.78, 5) is 13.9. The molecule has 1 saturated heterocycles. The molecule has 0 aromatic carbocycles. The third-order valence-electron chi connectivity index (χ3n) is 4.91. The molecule has 3 heteroatoms. The summed E-state index contributed by atoms with van der Waals surface area (Å²) in [5, 5.41) is 9.39. The van der Waals surface area contributed by atoms with E-state index < -0.39 is 11.4 Å². The van der Waals surface area contributed by atoms with Crippen LogP contribution in [0.15, 0.2) is 0 Å². The lowest BCUT2D eigenvalue weighted by atomic mass is 9.76. The second kappa shape index (κ2) is 5.20. The van der Waals surface area contributed by atoms with Crippen molar-refractivity contribution in [2.45, 2.75) is 58.9 Å². The van der Waals surface area contributed by atoms with Gasteiger partial charge in [0.05, 0.1) is 5.41 Å². The molecular formula is C15H27NO2. The Balaban J connectivity index is 2.02. The maximum atomic E-state index is 11.4. The van der Waals surface area contributed by atoms with Crippen molar-refractivity contribution in [3.63, 3.8) is 0 Å². The average molecular weight is 253 g/mol. The largest absolute Gasteiger partial charge is 0.481 e. The van der Waals surface area contributed by atoms with Crippen molar-refractivity contribution in [3.05, 3.63) is 0 Å². The van der Waals surface area contributed by atoms with Gasteiger partial charge in [0, 0.05) is 12.6 Å². The highest BCUT2D eigenvalue weighted by atomic mass is 16.4. The highest BCUT2D eigenvalue weighted by molar-refractivity contribution is 5.74. The van der Waals surface area contributed by atoms with Gasteiger partial charge in [-0.15, -0.1) is 0 Å². The molecule has 18 heavy (non-hydrogen) atoms. The number of carboxylic acids is 1. The van der Waals surface area contributed by atoms with Gasteiger partial charge in [-0.1, -0.05) is 13.8 Å². The molecule has 0 aromatic heterocycles. The highest BCUT2D eigenvalue weighted by Gasteiger charge is 2.40. The fraction of sp³-hybridized carbons (Fsp3) is 0.933. The highest BCUT2D eigenvalue weighted by Crippen LogP contribution is 2.36. The first kappa shape index (κ1) is 13.9. The maximum absolute atomic E-state index is 11.4. The van der Waals surface area contributed by atoms with Crippen LogP contribution in [0.1, 0.15) is 52.9 Å². The molecule has 104 valence electrons. The molecule has 2 aliphatic rings. The zero-order chi connectivity index (χ0) is 13.3. The lowest BCUT2D eigenvalue weighted by Crippen LogP contribution is -2.51. The number of nitrogens with zero attached hydrogens (tertiary/aromatic N) is 1. The van der Waals surface area contributed by atoms with Crippen LogP contribution in [-0.4, -0.2) is 35.1 Å². The molecule has 0 amide bonds. The zero-order valence-corrected chi connectivity index (χ0v) is 12.0. The third-order valence-corrected chi connectivity index (χ3v) is 4.91. The fourth-order valence-electron chi connectivity index (χ4n) is 3.97. The molecule has 0 aromatic rings. The number of aliphatic carboxylic acids is 1. The number of hydrogen-bond acceptors (Lipinski definition) is 2. The maximum Gasteiger partial charge on any atom is 0.310 e. The molecule has 2 rings (SSSR count). The molecule has 3 unspecified atom stereocenters. The van der Waals surface area contributed by atoms with Crippen molar-refractivity contribution in [1.82, 2.24) is 4.90 Å². The molecule has 0 bridgehead atoms. The molecule has 3 atom stereocenters. The minimum absolute atomic E-state index is 0.526. The monoisotopic (exact) mass is 253 g/mol. The predicted octanol–water partition coefficient (Wildman–Crippen LogP) is 3.00. The smallest absolute Gasteiger partial charge is 0.310 e. The van der Waals surface area contributed by atoms with Crippen molar-refractivity contribution >= 4 is 5.97 Å². The van der Waals surface area contributed by atoms with Crippen LogP contribution in [0.5, 0.6) is 0 Å². The fourth-order valence-corrected chi connectivity index (χ4v) is 3.97. The Labute approximate surface area is 111 Å². The molecule has 1 saturated carbocycles. The van der Waals surface area contributed by atoms with E-state index in [4.69, 9.17) is 0 Å².